The van der Waals surface area contributed by atoms with E-state index in [9.17, 15) is 5.11 Å². The highest BCUT2D eigenvalue weighted by Gasteiger charge is 2.15. The van der Waals surface area contributed by atoms with Gasteiger partial charge in [-0.25, -0.2) is 0 Å². The fourth-order valence-corrected chi connectivity index (χ4v) is 2.96. The van der Waals surface area contributed by atoms with Crippen LogP contribution < -0.4 is 5.32 Å². The van der Waals surface area contributed by atoms with Gasteiger partial charge < -0.3 is 10.4 Å². The molecule has 0 bridgehead atoms. The van der Waals surface area contributed by atoms with Crippen LogP contribution in [-0.4, -0.2) is 18.7 Å². The van der Waals surface area contributed by atoms with E-state index in [1.807, 2.05) is 44.3 Å². The highest BCUT2D eigenvalue weighted by atomic mass is 32.2. The first-order chi connectivity index (χ1) is 9.70. The van der Waals surface area contributed by atoms with Crippen molar-refractivity contribution in [3.63, 3.8) is 0 Å². The van der Waals surface area contributed by atoms with Crippen molar-refractivity contribution in [2.75, 3.05) is 13.6 Å². The van der Waals surface area contributed by atoms with E-state index in [1.54, 1.807) is 11.8 Å². The van der Waals surface area contributed by atoms with Crippen molar-refractivity contribution in [3.05, 3.63) is 60.2 Å². The molecule has 2 rings (SSSR count). The van der Waals surface area contributed by atoms with Crippen LogP contribution >= 0.6 is 11.8 Å². The summed E-state index contributed by atoms with van der Waals surface area (Å²) in [6, 6.07) is 18.5. The average molecular weight is 287 g/mol. The molecule has 0 spiro atoms. The van der Waals surface area contributed by atoms with E-state index in [1.165, 1.54) is 9.79 Å². The minimum Gasteiger partial charge on any atom is -0.388 e. The van der Waals surface area contributed by atoms with Crippen LogP contribution in [0.4, 0.5) is 0 Å². The van der Waals surface area contributed by atoms with Crippen LogP contribution in [0, 0.1) is 5.92 Å². The monoisotopic (exact) mass is 287 g/mol. The first-order valence-corrected chi connectivity index (χ1v) is 7.68. The third kappa shape index (κ3) is 4.10. The molecule has 2 unspecified atom stereocenters. The molecule has 0 amide bonds. The van der Waals surface area contributed by atoms with E-state index >= 15 is 0 Å². The van der Waals surface area contributed by atoms with Gasteiger partial charge in [-0.3, -0.25) is 0 Å². The predicted octanol–water partition coefficient (Wildman–Crippen LogP) is 3.73. The van der Waals surface area contributed by atoms with E-state index < -0.39 is 6.10 Å². The van der Waals surface area contributed by atoms with E-state index in [-0.39, 0.29) is 5.92 Å². The van der Waals surface area contributed by atoms with Gasteiger partial charge in [0.25, 0.3) is 0 Å². The topological polar surface area (TPSA) is 32.3 Å². The van der Waals surface area contributed by atoms with Gasteiger partial charge in [0.15, 0.2) is 0 Å². The maximum absolute atomic E-state index is 10.3. The predicted molar refractivity (Wildman–Crippen MR) is 85.1 cm³/mol. The summed E-state index contributed by atoms with van der Waals surface area (Å²) in [4.78, 5) is 2.41. The van der Waals surface area contributed by atoms with Crippen molar-refractivity contribution < 1.29 is 5.11 Å². The normalized spacial score (nSPS) is 13.9. The van der Waals surface area contributed by atoms with Crippen LogP contribution in [0.5, 0.6) is 0 Å². The van der Waals surface area contributed by atoms with Gasteiger partial charge in [0.2, 0.25) is 0 Å². The second-order valence-corrected chi connectivity index (χ2v) is 6.11. The molecule has 0 radical (unpaired) electrons. The lowest BCUT2D eigenvalue weighted by Crippen LogP contribution is -2.22. The summed E-state index contributed by atoms with van der Waals surface area (Å²) in [5.74, 6) is 0.202. The van der Waals surface area contributed by atoms with Gasteiger partial charge in [-0.2, -0.15) is 0 Å². The van der Waals surface area contributed by atoms with Crippen LogP contribution in [0.1, 0.15) is 18.6 Å². The zero-order valence-corrected chi connectivity index (χ0v) is 12.7. The summed E-state index contributed by atoms with van der Waals surface area (Å²) in [5.41, 5.74) is 0.977. The lowest BCUT2D eigenvalue weighted by molar-refractivity contribution is 0.118. The van der Waals surface area contributed by atoms with E-state index in [0.29, 0.717) is 0 Å². The van der Waals surface area contributed by atoms with Crippen LogP contribution in [0.15, 0.2) is 64.4 Å². The average Bonchev–Trinajstić information content (AvgIpc) is 2.48. The molecule has 2 nitrogen and oxygen atoms in total. The zero-order chi connectivity index (χ0) is 14.4. The molecule has 0 heterocycles. The first kappa shape index (κ1) is 15.1. The number of aliphatic hydroxyl groups is 1. The molecule has 0 fully saturated rings. The smallest absolute Gasteiger partial charge is 0.0827 e. The lowest BCUT2D eigenvalue weighted by Gasteiger charge is -2.19. The summed E-state index contributed by atoms with van der Waals surface area (Å²) in [7, 11) is 1.91. The van der Waals surface area contributed by atoms with Gasteiger partial charge in [0.1, 0.15) is 0 Å². The molecule has 0 aromatic heterocycles. The van der Waals surface area contributed by atoms with Gasteiger partial charge in [-0.15, -0.1) is 0 Å². The summed E-state index contributed by atoms with van der Waals surface area (Å²) >= 11 is 1.73. The first-order valence-electron chi connectivity index (χ1n) is 6.86. The molecule has 106 valence electrons. The van der Waals surface area contributed by atoms with Crippen molar-refractivity contribution >= 4 is 11.8 Å². The van der Waals surface area contributed by atoms with Crippen LogP contribution in [0.3, 0.4) is 0 Å². The van der Waals surface area contributed by atoms with Crippen LogP contribution in [-0.2, 0) is 0 Å². The minimum absolute atomic E-state index is 0.202. The summed E-state index contributed by atoms with van der Waals surface area (Å²) in [6.45, 7) is 2.86. The Balaban J connectivity index is 2.03. The molecule has 2 aromatic rings. The van der Waals surface area contributed by atoms with Gasteiger partial charge in [0, 0.05) is 16.3 Å². The maximum atomic E-state index is 10.3. The fourth-order valence-electron chi connectivity index (χ4n) is 2.12. The molecule has 2 N–H and O–H groups in total. The molecule has 2 aromatic carbocycles. The molecule has 0 aliphatic rings. The Bertz CT molecular complexity index is 512. The third-order valence-corrected chi connectivity index (χ3v) is 4.28. The summed E-state index contributed by atoms with van der Waals surface area (Å²) in [6.07, 6.45) is -0.418. The highest BCUT2D eigenvalue weighted by molar-refractivity contribution is 7.99. The van der Waals surface area contributed by atoms with E-state index in [0.717, 1.165) is 12.1 Å². The standard InChI is InChI=1S/C17H21NOS/c1-13(12-18-2)17(19)14-8-10-16(11-9-14)20-15-6-4-3-5-7-15/h3-11,13,17-19H,12H2,1-2H3. The SMILES string of the molecule is CNCC(C)C(O)c1ccc(Sc2ccccc2)cc1. The summed E-state index contributed by atoms with van der Waals surface area (Å²) in [5, 5.41) is 13.4. The van der Waals surface area contributed by atoms with Gasteiger partial charge >= 0.3 is 0 Å². The van der Waals surface area contributed by atoms with Crippen molar-refractivity contribution in [2.24, 2.45) is 5.92 Å². The minimum atomic E-state index is -0.418. The Morgan fingerprint density at radius 1 is 1.00 bits per heavy atom. The van der Waals surface area contributed by atoms with Crippen molar-refractivity contribution in [2.45, 2.75) is 22.8 Å². The Hall–Kier alpha value is -1.29. The Morgan fingerprint density at radius 3 is 2.20 bits per heavy atom. The summed E-state index contributed by atoms with van der Waals surface area (Å²) < 4.78 is 0. The van der Waals surface area contributed by atoms with Crippen LogP contribution in [0.25, 0.3) is 0 Å². The Kier molecular flexibility index (Phi) is 5.65. The number of nitrogens with one attached hydrogen (secondary N) is 1. The van der Waals surface area contributed by atoms with Gasteiger partial charge in [-0.05, 0) is 42.8 Å². The van der Waals surface area contributed by atoms with E-state index in [4.69, 9.17) is 0 Å². The molecular weight excluding hydrogens is 266 g/mol. The largest absolute Gasteiger partial charge is 0.388 e. The molecule has 0 saturated carbocycles. The molecule has 0 saturated heterocycles. The van der Waals surface area contributed by atoms with Gasteiger partial charge in [0.05, 0.1) is 6.10 Å². The Morgan fingerprint density at radius 2 is 1.60 bits per heavy atom. The van der Waals surface area contributed by atoms with Gasteiger partial charge in [-0.1, -0.05) is 49.0 Å². The molecule has 2 atom stereocenters. The molecule has 20 heavy (non-hydrogen) atoms. The maximum Gasteiger partial charge on any atom is 0.0827 e. The number of rotatable bonds is 6. The van der Waals surface area contributed by atoms with Crippen molar-refractivity contribution in [3.8, 4) is 0 Å². The van der Waals surface area contributed by atoms with Crippen molar-refractivity contribution in [1.29, 1.82) is 0 Å². The second-order valence-electron chi connectivity index (χ2n) is 4.96. The lowest BCUT2D eigenvalue weighted by atomic mass is 9.97. The highest BCUT2D eigenvalue weighted by Crippen LogP contribution is 2.29. The molecule has 0 aliphatic heterocycles. The quantitative estimate of drug-likeness (QED) is 0.849. The number of aliphatic hydroxyl groups excluding tert-OH is 1. The molecule has 3 heteroatoms. The molecular formula is C17H21NOS. The van der Waals surface area contributed by atoms with E-state index in [2.05, 4.69) is 29.6 Å². The number of hydrogen-bond acceptors (Lipinski definition) is 3. The fraction of sp³-hybridized carbons (Fsp3) is 0.294. The second kappa shape index (κ2) is 7.48. The number of benzene rings is 2. The number of hydrogen-bond donors (Lipinski definition) is 2. The zero-order valence-electron chi connectivity index (χ0n) is 11.9. The Labute approximate surface area is 125 Å². The van der Waals surface area contributed by atoms with Crippen molar-refractivity contribution in [1.82, 2.24) is 5.32 Å². The van der Waals surface area contributed by atoms with Crippen LogP contribution in [0.2, 0.25) is 0 Å². The molecule has 0 aliphatic carbocycles. The third-order valence-electron chi connectivity index (χ3n) is 3.27.